The Kier molecular flexibility index (Phi) is 7.19. The van der Waals surface area contributed by atoms with Crippen LogP contribution in [0.2, 0.25) is 5.02 Å². The van der Waals surface area contributed by atoms with Crippen LogP contribution in [0.5, 0.6) is 5.75 Å². The van der Waals surface area contributed by atoms with Gasteiger partial charge in [-0.3, -0.25) is 9.69 Å². The van der Waals surface area contributed by atoms with Crippen LogP contribution in [0.15, 0.2) is 60.9 Å². The molecule has 1 saturated heterocycles. The summed E-state index contributed by atoms with van der Waals surface area (Å²) in [6.45, 7) is 6.38. The number of hydrogen-bond acceptors (Lipinski definition) is 6. The third-order valence-electron chi connectivity index (χ3n) is 5.36. The fourth-order valence-electron chi connectivity index (χ4n) is 3.60. The van der Waals surface area contributed by atoms with Gasteiger partial charge in [0.05, 0.1) is 0 Å². The number of aromatic nitrogens is 2. The predicted molar refractivity (Wildman–Crippen MR) is 126 cm³/mol. The van der Waals surface area contributed by atoms with Gasteiger partial charge in [0.1, 0.15) is 23.7 Å². The average molecular weight is 452 g/mol. The second-order valence-electron chi connectivity index (χ2n) is 7.76. The highest BCUT2D eigenvalue weighted by atomic mass is 35.5. The van der Waals surface area contributed by atoms with Crippen molar-refractivity contribution in [1.82, 2.24) is 14.9 Å². The van der Waals surface area contributed by atoms with E-state index in [2.05, 4.69) is 49.4 Å². The van der Waals surface area contributed by atoms with Crippen molar-refractivity contribution in [3.63, 3.8) is 0 Å². The van der Waals surface area contributed by atoms with Crippen molar-refractivity contribution in [2.75, 3.05) is 43.0 Å². The first-order valence-corrected chi connectivity index (χ1v) is 11.0. The van der Waals surface area contributed by atoms with Crippen molar-refractivity contribution in [3.05, 3.63) is 77.1 Å². The number of amides is 1. The van der Waals surface area contributed by atoms with Crippen LogP contribution in [0.1, 0.15) is 11.1 Å². The van der Waals surface area contributed by atoms with Crippen LogP contribution < -0.4 is 15.0 Å². The molecule has 1 fully saturated rings. The molecule has 1 amide bonds. The Morgan fingerprint density at radius 2 is 1.84 bits per heavy atom. The smallest absolute Gasteiger partial charge is 0.263 e. The number of nitrogens with one attached hydrogen (secondary N) is 1. The number of anilines is 2. The lowest BCUT2D eigenvalue weighted by molar-refractivity contribution is -0.118. The molecule has 32 heavy (non-hydrogen) atoms. The number of aryl methyl sites for hydroxylation is 1. The van der Waals surface area contributed by atoms with Crippen LogP contribution in [0.25, 0.3) is 0 Å². The number of rotatable bonds is 7. The standard InChI is InChI=1S/C24H26ClN5O2/c1-18-13-20(7-8-21(18)25)32-16-24(31)28-22-14-23(27-17-26-22)30-11-9-29(10-12-30)15-19-5-3-2-4-6-19/h2-8,13-14,17H,9-12,15-16H2,1H3,(H,26,27,28,31). The van der Waals surface area contributed by atoms with E-state index >= 15 is 0 Å². The van der Waals surface area contributed by atoms with Gasteiger partial charge in [-0.1, -0.05) is 41.9 Å². The van der Waals surface area contributed by atoms with E-state index in [-0.39, 0.29) is 12.5 Å². The predicted octanol–water partition coefficient (Wildman–Crippen LogP) is 3.78. The molecule has 2 aromatic carbocycles. The second kappa shape index (κ2) is 10.4. The van der Waals surface area contributed by atoms with Gasteiger partial charge >= 0.3 is 0 Å². The molecule has 1 aromatic heterocycles. The molecule has 4 rings (SSSR count). The minimum absolute atomic E-state index is 0.113. The minimum Gasteiger partial charge on any atom is -0.484 e. The zero-order chi connectivity index (χ0) is 22.3. The molecule has 1 N–H and O–H groups in total. The molecule has 0 aliphatic carbocycles. The molecule has 0 bridgehead atoms. The average Bonchev–Trinajstić information content (AvgIpc) is 2.81. The first kappa shape index (κ1) is 22.0. The Morgan fingerprint density at radius 1 is 1.06 bits per heavy atom. The summed E-state index contributed by atoms with van der Waals surface area (Å²) in [5.74, 6) is 1.58. The van der Waals surface area contributed by atoms with Gasteiger partial charge in [-0.15, -0.1) is 0 Å². The van der Waals surface area contributed by atoms with Crippen LogP contribution >= 0.6 is 11.6 Å². The normalized spacial score (nSPS) is 14.2. The van der Waals surface area contributed by atoms with Gasteiger partial charge in [0, 0.05) is 43.8 Å². The molecule has 7 nitrogen and oxygen atoms in total. The van der Waals surface area contributed by atoms with Crippen LogP contribution in [-0.4, -0.2) is 53.6 Å². The third-order valence-corrected chi connectivity index (χ3v) is 5.79. The SMILES string of the molecule is Cc1cc(OCC(=O)Nc2cc(N3CCN(Cc4ccccc4)CC3)ncn2)ccc1Cl. The van der Waals surface area contributed by atoms with Crippen LogP contribution in [0.3, 0.4) is 0 Å². The molecule has 1 aliphatic rings. The number of hydrogen-bond donors (Lipinski definition) is 1. The first-order chi connectivity index (χ1) is 15.6. The summed E-state index contributed by atoms with van der Waals surface area (Å²) in [6.07, 6.45) is 1.48. The van der Waals surface area contributed by atoms with Gasteiger partial charge in [-0.05, 0) is 36.2 Å². The van der Waals surface area contributed by atoms with Crippen molar-refractivity contribution in [3.8, 4) is 5.75 Å². The minimum atomic E-state index is -0.282. The van der Waals surface area contributed by atoms with E-state index in [1.165, 1.54) is 11.9 Å². The third kappa shape index (κ3) is 5.96. The lowest BCUT2D eigenvalue weighted by Gasteiger charge is -2.35. The molecular formula is C24H26ClN5O2. The van der Waals surface area contributed by atoms with E-state index in [1.807, 2.05) is 13.0 Å². The molecule has 3 aromatic rings. The second-order valence-corrected chi connectivity index (χ2v) is 8.17. The van der Waals surface area contributed by atoms with Crippen molar-refractivity contribution in [2.24, 2.45) is 0 Å². The van der Waals surface area contributed by atoms with Crippen molar-refractivity contribution in [1.29, 1.82) is 0 Å². The van der Waals surface area contributed by atoms with Gasteiger partial charge < -0.3 is 15.0 Å². The summed E-state index contributed by atoms with van der Waals surface area (Å²) in [5, 5.41) is 3.44. The summed E-state index contributed by atoms with van der Waals surface area (Å²) >= 11 is 6.02. The largest absolute Gasteiger partial charge is 0.484 e. The number of carbonyl (C=O) groups is 1. The highest BCUT2D eigenvalue weighted by Crippen LogP contribution is 2.21. The van der Waals surface area contributed by atoms with E-state index in [0.717, 1.165) is 44.1 Å². The van der Waals surface area contributed by atoms with Gasteiger partial charge in [0.2, 0.25) is 0 Å². The summed E-state index contributed by atoms with van der Waals surface area (Å²) in [4.78, 5) is 25.5. The maximum Gasteiger partial charge on any atom is 0.263 e. The monoisotopic (exact) mass is 451 g/mol. The van der Waals surface area contributed by atoms with Gasteiger partial charge in [0.15, 0.2) is 6.61 Å². The maximum atomic E-state index is 12.3. The molecule has 166 valence electrons. The van der Waals surface area contributed by atoms with Gasteiger partial charge in [-0.25, -0.2) is 9.97 Å². The number of benzene rings is 2. The van der Waals surface area contributed by atoms with E-state index in [9.17, 15) is 4.79 Å². The Balaban J connectivity index is 1.27. The van der Waals surface area contributed by atoms with E-state index in [4.69, 9.17) is 16.3 Å². The van der Waals surface area contributed by atoms with Crippen molar-refractivity contribution < 1.29 is 9.53 Å². The van der Waals surface area contributed by atoms with E-state index in [0.29, 0.717) is 16.6 Å². The quantitative estimate of drug-likeness (QED) is 0.589. The zero-order valence-electron chi connectivity index (χ0n) is 18.0. The molecule has 0 atom stereocenters. The molecule has 0 unspecified atom stereocenters. The summed E-state index contributed by atoms with van der Waals surface area (Å²) < 4.78 is 5.55. The Labute approximate surface area is 193 Å². The van der Waals surface area contributed by atoms with Crippen molar-refractivity contribution in [2.45, 2.75) is 13.5 Å². The van der Waals surface area contributed by atoms with Gasteiger partial charge in [0.25, 0.3) is 5.91 Å². The van der Waals surface area contributed by atoms with E-state index in [1.54, 1.807) is 24.3 Å². The first-order valence-electron chi connectivity index (χ1n) is 10.6. The molecule has 8 heteroatoms. The molecule has 0 saturated carbocycles. The topological polar surface area (TPSA) is 70.6 Å². The Morgan fingerprint density at radius 3 is 2.59 bits per heavy atom. The van der Waals surface area contributed by atoms with Crippen molar-refractivity contribution >= 4 is 29.1 Å². The lowest BCUT2D eigenvalue weighted by Crippen LogP contribution is -2.46. The fraction of sp³-hybridized carbons (Fsp3) is 0.292. The molecule has 1 aliphatic heterocycles. The zero-order valence-corrected chi connectivity index (χ0v) is 18.8. The molecule has 2 heterocycles. The highest BCUT2D eigenvalue weighted by Gasteiger charge is 2.19. The van der Waals surface area contributed by atoms with Gasteiger partial charge in [-0.2, -0.15) is 0 Å². The fourth-order valence-corrected chi connectivity index (χ4v) is 3.72. The summed E-state index contributed by atoms with van der Waals surface area (Å²) in [7, 11) is 0. The molecule has 0 radical (unpaired) electrons. The Bertz CT molecular complexity index is 1060. The number of carbonyl (C=O) groups excluding carboxylic acids is 1. The number of nitrogens with zero attached hydrogens (tertiary/aromatic N) is 4. The number of piperazine rings is 1. The molecular weight excluding hydrogens is 426 g/mol. The summed E-state index contributed by atoms with van der Waals surface area (Å²) in [5.41, 5.74) is 2.22. The highest BCUT2D eigenvalue weighted by molar-refractivity contribution is 6.31. The maximum absolute atomic E-state index is 12.3. The van der Waals surface area contributed by atoms with E-state index < -0.39 is 0 Å². The summed E-state index contributed by atoms with van der Waals surface area (Å²) in [6, 6.07) is 17.6. The molecule has 0 spiro atoms. The number of ether oxygens (including phenoxy) is 1. The number of halogens is 1. The van der Waals surface area contributed by atoms with Crippen LogP contribution in [-0.2, 0) is 11.3 Å². The Hall–Kier alpha value is -3.16. The van der Waals surface area contributed by atoms with Crippen LogP contribution in [0, 0.1) is 6.92 Å². The van der Waals surface area contributed by atoms with Crippen LogP contribution in [0.4, 0.5) is 11.6 Å². The lowest BCUT2D eigenvalue weighted by atomic mass is 10.2.